The van der Waals surface area contributed by atoms with Crippen LogP contribution in [0.3, 0.4) is 0 Å². The van der Waals surface area contributed by atoms with Crippen molar-refractivity contribution in [1.29, 1.82) is 0 Å². The van der Waals surface area contributed by atoms with Crippen LogP contribution in [0.15, 0.2) is 60.3 Å². The van der Waals surface area contributed by atoms with E-state index >= 15 is 0 Å². The smallest absolute Gasteiger partial charge is 0.180 e. The van der Waals surface area contributed by atoms with E-state index in [2.05, 4.69) is 120 Å². The van der Waals surface area contributed by atoms with Gasteiger partial charge in [0.25, 0.3) is 0 Å². The van der Waals surface area contributed by atoms with Crippen LogP contribution in [0.25, 0.3) is 0 Å². The minimum atomic E-state index is 0.0335. The summed E-state index contributed by atoms with van der Waals surface area (Å²) in [6.07, 6.45) is 10.8. The third kappa shape index (κ3) is 3.95. The quantitative estimate of drug-likeness (QED) is 0.419. The van der Waals surface area contributed by atoms with E-state index in [0.717, 1.165) is 0 Å². The van der Waals surface area contributed by atoms with Gasteiger partial charge >= 0.3 is 0 Å². The molecule has 0 aliphatic carbocycles. The standard InChI is InChI=1S/C23H33N2/c1-22(2,3)20(24(6)7)16-10-9-11-17-21-23(4,5)18-14-12-13-15-19(18)25(21)8/h9-17H,1-8H3/q+1. The summed E-state index contributed by atoms with van der Waals surface area (Å²) in [5, 5.41) is 0. The van der Waals surface area contributed by atoms with E-state index in [1.54, 1.807) is 0 Å². The fraction of sp³-hybridized carbons (Fsp3) is 0.435. The number of benzene rings is 1. The number of fused-ring (bicyclic) bond motifs is 1. The van der Waals surface area contributed by atoms with E-state index in [4.69, 9.17) is 0 Å². The Labute approximate surface area is 153 Å². The SMILES string of the molecule is CN1\C(=C/C=C/C=C/C(=[N+](C)C)C(C)(C)C)C(C)(C)c2ccccc21. The molecular weight excluding hydrogens is 304 g/mol. The van der Waals surface area contributed by atoms with Crippen molar-refractivity contribution >= 4 is 11.4 Å². The fourth-order valence-corrected chi connectivity index (χ4v) is 3.73. The second-order valence-electron chi connectivity index (χ2n) is 8.53. The van der Waals surface area contributed by atoms with Crippen molar-refractivity contribution < 1.29 is 4.58 Å². The molecule has 0 N–H and O–H groups in total. The third-order valence-corrected chi connectivity index (χ3v) is 4.92. The van der Waals surface area contributed by atoms with Gasteiger partial charge in [-0.25, -0.2) is 4.58 Å². The molecule has 0 radical (unpaired) electrons. The summed E-state index contributed by atoms with van der Waals surface area (Å²) in [5.74, 6) is 0. The van der Waals surface area contributed by atoms with Gasteiger partial charge in [-0.1, -0.05) is 71.0 Å². The normalized spacial score (nSPS) is 18.4. The number of hydrogen-bond acceptors (Lipinski definition) is 1. The molecule has 0 saturated carbocycles. The van der Waals surface area contributed by atoms with Gasteiger partial charge in [-0.2, -0.15) is 0 Å². The molecule has 25 heavy (non-hydrogen) atoms. The zero-order valence-corrected chi connectivity index (χ0v) is 17.1. The van der Waals surface area contributed by atoms with Crippen molar-refractivity contribution in [3.8, 4) is 0 Å². The molecule has 2 nitrogen and oxygen atoms in total. The minimum absolute atomic E-state index is 0.0335. The van der Waals surface area contributed by atoms with Gasteiger partial charge in [0.05, 0.1) is 0 Å². The average molecular weight is 338 g/mol. The second kappa shape index (κ2) is 7.03. The molecule has 1 aliphatic heterocycles. The lowest BCUT2D eigenvalue weighted by Crippen LogP contribution is -2.26. The number of likely N-dealkylation sites (N-methyl/N-ethyl adjacent to an activating group) is 1. The topological polar surface area (TPSA) is 6.25 Å². The average Bonchev–Trinajstić information content (AvgIpc) is 2.69. The second-order valence-corrected chi connectivity index (χ2v) is 8.53. The van der Waals surface area contributed by atoms with Crippen molar-refractivity contribution in [3.63, 3.8) is 0 Å². The molecule has 1 aliphatic rings. The highest BCUT2D eigenvalue weighted by atomic mass is 15.2. The molecule has 0 amide bonds. The molecule has 1 aromatic carbocycles. The molecule has 2 rings (SSSR count). The summed E-state index contributed by atoms with van der Waals surface area (Å²) in [6, 6.07) is 8.67. The Morgan fingerprint density at radius 3 is 2.24 bits per heavy atom. The minimum Gasteiger partial charge on any atom is -0.347 e. The van der Waals surface area contributed by atoms with Crippen LogP contribution in [0.2, 0.25) is 0 Å². The predicted molar refractivity (Wildman–Crippen MR) is 111 cm³/mol. The molecule has 0 unspecified atom stereocenters. The first-order valence-electron chi connectivity index (χ1n) is 9.00. The van der Waals surface area contributed by atoms with Gasteiger partial charge in [-0.3, -0.25) is 0 Å². The Bertz CT molecular complexity index is 749. The molecule has 0 atom stereocenters. The summed E-state index contributed by atoms with van der Waals surface area (Å²) in [4.78, 5) is 2.30. The summed E-state index contributed by atoms with van der Waals surface area (Å²) in [6.45, 7) is 11.3. The maximum Gasteiger partial charge on any atom is 0.180 e. The highest BCUT2D eigenvalue weighted by Crippen LogP contribution is 2.46. The summed E-state index contributed by atoms with van der Waals surface area (Å²) < 4.78 is 2.19. The monoisotopic (exact) mass is 337 g/mol. The number of para-hydroxylation sites is 1. The molecular formula is C23H33N2+. The summed E-state index contributed by atoms with van der Waals surface area (Å²) >= 11 is 0. The van der Waals surface area contributed by atoms with E-state index in [0.29, 0.717) is 0 Å². The van der Waals surface area contributed by atoms with Gasteiger partial charge in [-0.05, 0) is 17.7 Å². The van der Waals surface area contributed by atoms with Crippen molar-refractivity contribution in [2.75, 3.05) is 26.0 Å². The number of rotatable bonds is 3. The van der Waals surface area contributed by atoms with E-state index < -0.39 is 0 Å². The molecule has 2 heteroatoms. The molecule has 0 spiro atoms. The first-order chi connectivity index (χ1) is 11.6. The summed E-state index contributed by atoms with van der Waals surface area (Å²) in [7, 11) is 6.36. The Hall–Kier alpha value is -2.09. The largest absolute Gasteiger partial charge is 0.347 e. The maximum atomic E-state index is 2.30. The van der Waals surface area contributed by atoms with Gasteiger partial charge in [0.1, 0.15) is 14.1 Å². The van der Waals surface area contributed by atoms with Crippen LogP contribution < -0.4 is 4.90 Å². The van der Waals surface area contributed by atoms with Crippen LogP contribution >= 0.6 is 0 Å². The number of hydrogen-bond donors (Lipinski definition) is 0. The van der Waals surface area contributed by atoms with E-state index in [9.17, 15) is 0 Å². The Morgan fingerprint density at radius 2 is 1.68 bits per heavy atom. The van der Waals surface area contributed by atoms with Gasteiger partial charge in [0, 0.05) is 35.3 Å². The first-order valence-corrected chi connectivity index (χ1v) is 9.00. The van der Waals surface area contributed by atoms with Crippen LogP contribution in [-0.2, 0) is 5.41 Å². The highest BCUT2D eigenvalue weighted by Gasteiger charge is 2.37. The molecule has 0 fully saturated rings. The molecule has 134 valence electrons. The van der Waals surface area contributed by atoms with Crippen LogP contribution in [0, 0.1) is 5.41 Å². The zero-order valence-electron chi connectivity index (χ0n) is 17.1. The van der Waals surface area contributed by atoms with Crippen LogP contribution in [0.1, 0.15) is 40.2 Å². The number of nitrogens with zero attached hydrogens (tertiary/aromatic N) is 2. The van der Waals surface area contributed by atoms with E-state index in [1.165, 1.54) is 22.7 Å². The molecule has 0 aromatic heterocycles. The Balaban J connectivity index is 2.22. The van der Waals surface area contributed by atoms with Crippen molar-refractivity contribution in [2.24, 2.45) is 5.41 Å². The Kier molecular flexibility index (Phi) is 5.41. The lowest BCUT2D eigenvalue weighted by atomic mass is 9.84. The van der Waals surface area contributed by atoms with Crippen LogP contribution in [0.5, 0.6) is 0 Å². The zero-order chi connectivity index (χ0) is 18.8. The van der Waals surface area contributed by atoms with E-state index in [-0.39, 0.29) is 10.8 Å². The van der Waals surface area contributed by atoms with Gasteiger partial charge in [-0.15, -0.1) is 0 Å². The first kappa shape index (κ1) is 19.2. The number of allylic oxidation sites excluding steroid dienone is 6. The van der Waals surface area contributed by atoms with Crippen LogP contribution in [-0.4, -0.2) is 31.4 Å². The molecule has 0 saturated heterocycles. The highest BCUT2D eigenvalue weighted by molar-refractivity contribution is 5.95. The molecule has 1 aromatic rings. The predicted octanol–water partition coefficient (Wildman–Crippen LogP) is 5.17. The molecule has 1 heterocycles. The maximum absolute atomic E-state index is 2.30. The van der Waals surface area contributed by atoms with Crippen molar-refractivity contribution in [3.05, 3.63) is 65.9 Å². The summed E-state index contributed by atoms with van der Waals surface area (Å²) in [5.41, 5.74) is 5.51. The third-order valence-electron chi connectivity index (χ3n) is 4.92. The van der Waals surface area contributed by atoms with Crippen LogP contribution in [0.4, 0.5) is 5.69 Å². The molecule has 0 bridgehead atoms. The Morgan fingerprint density at radius 1 is 1.04 bits per heavy atom. The van der Waals surface area contributed by atoms with Gasteiger partial charge in [0.2, 0.25) is 0 Å². The van der Waals surface area contributed by atoms with Gasteiger partial charge < -0.3 is 4.90 Å². The number of anilines is 1. The van der Waals surface area contributed by atoms with Crippen molar-refractivity contribution in [1.82, 2.24) is 0 Å². The van der Waals surface area contributed by atoms with Gasteiger partial charge in [0.15, 0.2) is 5.71 Å². The van der Waals surface area contributed by atoms with E-state index in [1.807, 2.05) is 0 Å². The lowest BCUT2D eigenvalue weighted by molar-refractivity contribution is -0.467. The fourth-order valence-electron chi connectivity index (χ4n) is 3.73. The van der Waals surface area contributed by atoms with Crippen molar-refractivity contribution in [2.45, 2.75) is 40.0 Å². The lowest BCUT2D eigenvalue weighted by Gasteiger charge is -2.23.